The van der Waals surface area contributed by atoms with Gasteiger partial charge in [-0.2, -0.15) is 5.10 Å². The molecule has 0 aliphatic carbocycles. The van der Waals surface area contributed by atoms with Crippen LogP contribution in [0.25, 0.3) is 10.9 Å². The Hall–Kier alpha value is -2.47. The van der Waals surface area contributed by atoms with Crippen LogP contribution >= 0.6 is 11.6 Å². The second-order valence-corrected chi connectivity index (χ2v) is 5.66. The van der Waals surface area contributed by atoms with Gasteiger partial charge >= 0.3 is 5.97 Å². The van der Waals surface area contributed by atoms with Crippen LogP contribution in [0.5, 0.6) is 0 Å². The number of fused-ring (bicyclic) bond motifs is 1. The summed E-state index contributed by atoms with van der Waals surface area (Å²) in [6.07, 6.45) is 3.10. The van der Waals surface area contributed by atoms with Gasteiger partial charge in [0.25, 0.3) is 0 Å². The molecule has 3 aromatic rings. The van der Waals surface area contributed by atoms with Gasteiger partial charge in [0, 0.05) is 17.8 Å². The number of esters is 1. The maximum Gasteiger partial charge on any atom is 0.341 e. The molecule has 2 heterocycles. The van der Waals surface area contributed by atoms with Gasteiger partial charge in [0.2, 0.25) is 0 Å². The minimum absolute atomic E-state index is 0.0824. The molecule has 0 atom stereocenters. The van der Waals surface area contributed by atoms with E-state index in [4.69, 9.17) is 16.3 Å². The number of ether oxygens (including phenoxy) is 1. The van der Waals surface area contributed by atoms with Gasteiger partial charge in [-0.05, 0) is 30.7 Å². The third kappa shape index (κ3) is 4.58. The van der Waals surface area contributed by atoms with Gasteiger partial charge in [-0.1, -0.05) is 31.5 Å². The van der Waals surface area contributed by atoms with Crippen molar-refractivity contribution in [3.63, 3.8) is 0 Å². The van der Waals surface area contributed by atoms with Crippen molar-refractivity contribution in [3.8, 4) is 0 Å². The topological polar surface area (TPSA) is 57.0 Å². The number of carbonyl (C=O) groups is 1. The standard InChI is InChI=1S/C17H15ClFN3O2.C2H6/c1-2-24-17(23)14-10-22(21-16(14)7-19)9-11-3-4-15-12(5-11)6-13(18)8-20-15;1-2/h3-6,8,10H,2,7,9H2,1H3;1-2H3. The highest BCUT2D eigenvalue weighted by Crippen LogP contribution is 2.19. The Bertz CT molecular complexity index is 896. The number of halogens is 2. The number of aromatic nitrogens is 3. The predicted molar refractivity (Wildman–Crippen MR) is 100 cm³/mol. The highest BCUT2D eigenvalue weighted by Gasteiger charge is 2.17. The molecule has 0 amide bonds. The summed E-state index contributed by atoms with van der Waals surface area (Å²) in [7, 11) is 0. The zero-order chi connectivity index (χ0) is 19.1. The summed E-state index contributed by atoms with van der Waals surface area (Å²) < 4.78 is 19.5. The first-order valence-corrected chi connectivity index (χ1v) is 8.82. The van der Waals surface area contributed by atoms with E-state index in [1.54, 1.807) is 13.1 Å². The zero-order valence-electron chi connectivity index (χ0n) is 15.0. The van der Waals surface area contributed by atoms with E-state index >= 15 is 0 Å². The molecule has 0 saturated carbocycles. The summed E-state index contributed by atoms with van der Waals surface area (Å²) in [4.78, 5) is 16.1. The van der Waals surface area contributed by atoms with Crippen molar-refractivity contribution in [2.75, 3.05) is 6.61 Å². The van der Waals surface area contributed by atoms with Gasteiger partial charge in [0.1, 0.15) is 17.9 Å². The van der Waals surface area contributed by atoms with E-state index in [1.165, 1.54) is 10.9 Å². The number of benzene rings is 1. The second-order valence-electron chi connectivity index (χ2n) is 5.22. The van der Waals surface area contributed by atoms with E-state index in [1.807, 2.05) is 38.1 Å². The van der Waals surface area contributed by atoms with Crippen LogP contribution in [0.4, 0.5) is 4.39 Å². The Kier molecular flexibility index (Phi) is 7.09. The van der Waals surface area contributed by atoms with Crippen molar-refractivity contribution in [2.45, 2.75) is 34.0 Å². The minimum atomic E-state index is -0.821. The van der Waals surface area contributed by atoms with Crippen molar-refractivity contribution in [2.24, 2.45) is 0 Å². The van der Waals surface area contributed by atoms with Crippen molar-refractivity contribution in [3.05, 3.63) is 58.5 Å². The average molecular weight is 378 g/mol. The van der Waals surface area contributed by atoms with Gasteiger partial charge in [-0.15, -0.1) is 0 Å². The van der Waals surface area contributed by atoms with Crippen LogP contribution in [-0.4, -0.2) is 27.3 Å². The fraction of sp³-hybridized carbons (Fsp3) is 0.316. The molecule has 138 valence electrons. The molecule has 2 aromatic heterocycles. The van der Waals surface area contributed by atoms with Crippen LogP contribution in [0.2, 0.25) is 5.02 Å². The molecule has 26 heavy (non-hydrogen) atoms. The van der Waals surface area contributed by atoms with Crippen LogP contribution < -0.4 is 0 Å². The molecule has 0 aliphatic rings. The fourth-order valence-electron chi connectivity index (χ4n) is 2.46. The Labute approximate surface area is 156 Å². The molecule has 0 radical (unpaired) electrons. The zero-order valence-corrected chi connectivity index (χ0v) is 15.8. The molecule has 0 unspecified atom stereocenters. The third-order valence-corrected chi connectivity index (χ3v) is 3.72. The van der Waals surface area contributed by atoms with E-state index in [2.05, 4.69) is 10.1 Å². The number of pyridine rings is 1. The summed E-state index contributed by atoms with van der Waals surface area (Å²) >= 11 is 5.97. The maximum absolute atomic E-state index is 13.1. The monoisotopic (exact) mass is 377 g/mol. The van der Waals surface area contributed by atoms with Crippen LogP contribution in [0.3, 0.4) is 0 Å². The van der Waals surface area contributed by atoms with Crippen LogP contribution in [-0.2, 0) is 18.0 Å². The van der Waals surface area contributed by atoms with Crippen LogP contribution in [0.1, 0.15) is 42.4 Å². The van der Waals surface area contributed by atoms with E-state index in [0.717, 1.165) is 16.5 Å². The normalized spacial score (nSPS) is 10.3. The Morgan fingerprint density at radius 1 is 1.31 bits per heavy atom. The Morgan fingerprint density at radius 3 is 2.77 bits per heavy atom. The Morgan fingerprint density at radius 2 is 2.08 bits per heavy atom. The highest BCUT2D eigenvalue weighted by molar-refractivity contribution is 6.31. The summed E-state index contributed by atoms with van der Waals surface area (Å²) in [5.74, 6) is -0.564. The Balaban J connectivity index is 0.00000117. The second kappa shape index (κ2) is 9.29. The minimum Gasteiger partial charge on any atom is -0.462 e. The maximum atomic E-state index is 13.1. The average Bonchev–Trinajstić information content (AvgIpc) is 3.06. The number of alkyl halides is 1. The lowest BCUT2D eigenvalue weighted by molar-refractivity contribution is 0.0524. The van der Waals surface area contributed by atoms with E-state index < -0.39 is 12.6 Å². The van der Waals surface area contributed by atoms with Gasteiger partial charge in [-0.3, -0.25) is 9.67 Å². The molecule has 1 aromatic carbocycles. The quantitative estimate of drug-likeness (QED) is 0.599. The van der Waals surface area contributed by atoms with Gasteiger partial charge in [-0.25, -0.2) is 9.18 Å². The first-order valence-electron chi connectivity index (χ1n) is 8.44. The number of rotatable bonds is 5. The van der Waals surface area contributed by atoms with Crippen molar-refractivity contribution >= 4 is 28.5 Å². The molecule has 0 fully saturated rings. The number of nitrogens with zero attached hydrogens (tertiary/aromatic N) is 3. The largest absolute Gasteiger partial charge is 0.462 e. The van der Waals surface area contributed by atoms with E-state index in [0.29, 0.717) is 11.6 Å². The first kappa shape index (κ1) is 19.8. The van der Waals surface area contributed by atoms with Crippen LogP contribution in [0, 0.1) is 0 Å². The predicted octanol–water partition coefficient (Wildman–Crippen LogP) is 4.81. The molecule has 5 nitrogen and oxygen atoms in total. The van der Waals surface area contributed by atoms with Crippen molar-refractivity contribution < 1.29 is 13.9 Å². The van der Waals surface area contributed by atoms with Crippen molar-refractivity contribution in [1.29, 1.82) is 0 Å². The number of carbonyl (C=O) groups excluding carboxylic acids is 1. The molecule has 3 rings (SSSR count). The van der Waals surface area contributed by atoms with Crippen molar-refractivity contribution in [1.82, 2.24) is 14.8 Å². The highest BCUT2D eigenvalue weighted by atomic mass is 35.5. The van der Waals surface area contributed by atoms with Gasteiger partial charge in [0.05, 0.1) is 23.7 Å². The van der Waals surface area contributed by atoms with Crippen LogP contribution in [0.15, 0.2) is 36.7 Å². The van der Waals surface area contributed by atoms with E-state index in [9.17, 15) is 9.18 Å². The SMILES string of the molecule is CC.CCOC(=O)c1cn(Cc2ccc3ncc(Cl)cc3c2)nc1CF. The molecule has 0 spiro atoms. The lowest BCUT2D eigenvalue weighted by Crippen LogP contribution is -2.05. The molecular weight excluding hydrogens is 357 g/mol. The summed E-state index contributed by atoms with van der Waals surface area (Å²) in [5.41, 5.74) is 2.01. The summed E-state index contributed by atoms with van der Waals surface area (Å²) in [6, 6.07) is 7.56. The smallest absolute Gasteiger partial charge is 0.341 e. The molecular formula is C19H21ClFN3O2. The van der Waals surface area contributed by atoms with Gasteiger partial charge < -0.3 is 4.74 Å². The lowest BCUT2D eigenvalue weighted by Gasteiger charge is -2.04. The number of hydrogen-bond donors (Lipinski definition) is 0. The summed E-state index contributed by atoms with van der Waals surface area (Å²) in [6.45, 7) is 5.51. The molecule has 0 N–H and O–H groups in total. The van der Waals surface area contributed by atoms with Gasteiger partial charge in [0.15, 0.2) is 0 Å². The summed E-state index contributed by atoms with van der Waals surface area (Å²) in [5, 5.41) is 5.59. The van der Waals surface area contributed by atoms with E-state index in [-0.39, 0.29) is 17.9 Å². The lowest BCUT2D eigenvalue weighted by atomic mass is 10.1. The molecule has 7 heteroatoms. The molecule has 0 aliphatic heterocycles. The third-order valence-electron chi connectivity index (χ3n) is 3.52. The molecule has 0 bridgehead atoms. The number of hydrogen-bond acceptors (Lipinski definition) is 4. The fourth-order valence-corrected chi connectivity index (χ4v) is 2.63. The first-order chi connectivity index (χ1) is 12.6. The molecule has 0 saturated heterocycles.